The lowest BCUT2D eigenvalue weighted by Crippen LogP contribution is -2.33. The fourth-order valence-electron chi connectivity index (χ4n) is 2.95. The van der Waals surface area contributed by atoms with E-state index in [0.29, 0.717) is 36.2 Å². The van der Waals surface area contributed by atoms with Gasteiger partial charge in [-0.3, -0.25) is 0 Å². The Balaban J connectivity index is 1.35. The Morgan fingerprint density at radius 3 is 2.71 bits per heavy atom. The van der Waals surface area contributed by atoms with Crippen molar-refractivity contribution in [3.05, 3.63) is 54.3 Å². The Kier molecular flexibility index (Phi) is 5.34. The summed E-state index contributed by atoms with van der Waals surface area (Å²) in [6, 6.07) is 15.0. The van der Waals surface area contributed by atoms with Crippen molar-refractivity contribution in [3.8, 4) is 34.3 Å². The van der Waals surface area contributed by atoms with E-state index in [2.05, 4.69) is 5.16 Å². The van der Waals surface area contributed by atoms with Crippen LogP contribution >= 0.6 is 0 Å². The van der Waals surface area contributed by atoms with Crippen LogP contribution in [0.25, 0.3) is 11.3 Å². The third kappa shape index (κ3) is 3.89. The summed E-state index contributed by atoms with van der Waals surface area (Å²) in [5.74, 6) is 3.48. The van der Waals surface area contributed by atoms with Crippen molar-refractivity contribution in [2.75, 3.05) is 27.4 Å². The van der Waals surface area contributed by atoms with E-state index in [4.69, 9.17) is 28.2 Å². The number of hydrogen-bond acceptors (Lipinski definition) is 7. The minimum Gasteiger partial charge on any atom is -0.497 e. The Hall–Kier alpha value is -3.19. The molecule has 2 heterocycles. The topological polar surface area (TPSA) is 72.2 Å². The van der Waals surface area contributed by atoms with Gasteiger partial charge in [0.15, 0.2) is 23.4 Å². The van der Waals surface area contributed by atoms with Crippen molar-refractivity contribution in [2.24, 2.45) is 0 Å². The lowest BCUT2D eigenvalue weighted by atomic mass is 10.1. The number of ether oxygens (including phenoxy) is 5. The molecule has 0 aliphatic carbocycles. The molecule has 0 N–H and O–H groups in total. The molecule has 1 aromatic heterocycles. The molecule has 1 aliphatic heterocycles. The molecule has 1 atom stereocenters. The predicted octanol–water partition coefficient (Wildman–Crippen LogP) is 3.72. The van der Waals surface area contributed by atoms with Crippen molar-refractivity contribution < 1.29 is 28.2 Å². The highest BCUT2D eigenvalue weighted by atomic mass is 16.6. The molecule has 0 saturated carbocycles. The molecule has 7 nitrogen and oxygen atoms in total. The number of nitrogens with zero attached hydrogens (tertiary/aromatic N) is 1. The maximum absolute atomic E-state index is 5.87. The number of aromatic nitrogens is 1. The van der Waals surface area contributed by atoms with Gasteiger partial charge < -0.3 is 28.2 Å². The van der Waals surface area contributed by atoms with Crippen LogP contribution < -0.4 is 18.9 Å². The smallest absolute Gasteiger partial charge is 0.163 e. The Morgan fingerprint density at radius 1 is 1.04 bits per heavy atom. The van der Waals surface area contributed by atoms with Crippen LogP contribution in [-0.2, 0) is 11.3 Å². The lowest BCUT2D eigenvalue weighted by molar-refractivity contribution is -0.00263. The van der Waals surface area contributed by atoms with Gasteiger partial charge in [0.25, 0.3) is 0 Å². The quantitative estimate of drug-likeness (QED) is 0.616. The van der Waals surface area contributed by atoms with E-state index < -0.39 is 0 Å². The average Bonchev–Trinajstić information content (AvgIpc) is 3.21. The SMILES string of the molecule is COc1ccc(-c2cc(COCC3COc4ccccc4O3)on2)c(OC)c1. The summed E-state index contributed by atoms with van der Waals surface area (Å²) in [5, 5.41) is 4.11. The van der Waals surface area contributed by atoms with Gasteiger partial charge in [-0.15, -0.1) is 0 Å². The van der Waals surface area contributed by atoms with Gasteiger partial charge in [0.2, 0.25) is 0 Å². The van der Waals surface area contributed by atoms with Gasteiger partial charge in [-0.05, 0) is 24.3 Å². The third-order valence-electron chi connectivity index (χ3n) is 4.36. The largest absolute Gasteiger partial charge is 0.497 e. The number of rotatable bonds is 7. The van der Waals surface area contributed by atoms with Gasteiger partial charge in [0.1, 0.15) is 30.4 Å². The summed E-state index contributed by atoms with van der Waals surface area (Å²) in [5.41, 5.74) is 1.49. The van der Waals surface area contributed by atoms with Crippen molar-refractivity contribution in [2.45, 2.75) is 12.7 Å². The zero-order valence-electron chi connectivity index (χ0n) is 15.7. The zero-order valence-corrected chi connectivity index (χ0v) is 15.7. The average molecular weight is 383 g/mol. The molecule has 0 amide bonds. The predicted molar refractivity (Wildman–Crippen MR) is 101 cm³/mol. The van der Waals surface area contributed by atoms with Crippen LogP contribution in [0, 0.1) is 0 Å². The van der Waals surface area contributed by atoms with Crippen LogP contribution in [-0.4, -0.2) is 38.7 Å². The van der Waals surface area contributed by atoms with Gasteiger partial charge in [0.05, 0.1) is 20.8 Å². The van der Waals surface area contributed by atoms with Crippen molar-refractivity contribution >= 4 is 0 Å². The van der Waals surface area contributed by atoms with Crippen molar-refractivity contribution in [3.63, 3.8) is 0 Å². The van der Waals surface area contributed by atoms with Crippen LogP contribution in [0.1, 0.15) is 5.76 Å². The first kappa shape index (κ1) is 18.2. The Morgan fingerprint density at radius 2 is 1.89 bits per heavy atom. The molecular formula is C21H21NO6. The normalized spacial score (nSPS) is 15.3. The summed E-state index contributed by atoms with van der Waals surface area (Å²) in [6.07, 6.45) is -0.168. The van der Waals surface area contributed by atoms with E-state index >= 15 is 0 Å². The van der Waals surface area contributed by atoms with Crippen molar-refractivity contribution in [1.29, 1.82) is 0 Å². The molecule has 0 spiro atoms. The minimum atomic E-state index is -0.168. The second kappa shape index (κ2) is 8.22. The number of methoxy groups -OCH3 is 2. The molecule has 2 aromatic carbocycles. The van der Waals surface area contributed by atoms with E-state index in [-0.39, 0.29) is 12.7 Å². The van der Waals surface area contributed by atoms with Crippen molar-refractivity contribution in [1.82, 2.24) is 5.16 Å². The second-order valence-corrected chi connectivity index (χ2v) is 6.26. The number of fused-ring (bicyclic) bond motifs is 1. The summed E-state index contributed by atoms with van der Waals surface area (Å²) in [4.78, 5) is 0. The summed E-state index contributed by atoms with van der Waals surface area (Å²) in [7, 11) is 3.21. The molecular weight excluding hydrogens is 362 g/mol. The van der Waals surface area contributed by atoms with E-state index in [1.165, 1.54) is 0 Å². The first-order valence-corrected chi connectivity index (χ1v) is 8.91. The van der Waals surface area contributed by atoms with E-state index in [0.717, 1.165) is 17.1 Å². The number of hydrogen-bond donors (Lipinski definition) is 0. The molecule has 0 fully saturated rings. The fourth-order valence-corrected chi connectivity index (χ4v) is 2.95. The molecule has 7 heteroatoms. The fraction of sp³-hybridized carbons (Fsp3) is 0.286. The number of benzene rings is 2. The molecule has 1 aliphatic rings. The molecule has 4 rings (SSSR count). The molecule has 1 unspecified atom stereocenters. The summed E-state index contributed by atoms with van der Waals surface area (Å²) in [6.45, 7) is 1.12. The maximum Gasteiger partial charge on any atom is 0.163 e. The monoisotopic (exact) mass is 383 g/mol. The van der Waals surface area contributed by atoms with Crippen LogP contribution in [0.15, 0.2) is 53.1 Å². The highest BCUT2D eigenvalue weighted by Gasteiger charge is 2.21. The van der Waals surface area contributed by atoms with Gasteiger partial charge >= 0.3 is 0 Å². The molecule has 146 valence electrons. The molecule has 0 saturated heterocycles. The highest BCUT2D eigenvalue weighted by molar-refractivity contribution is 5.68. The van der Waals surface area contributed by atoms with E-state index in [9.17, 15) is 0 Å². The standard InChI is InChI=1S/C21H21NO6/c1-23-14-7-8-17(21(10-14)24-2)18-9-15(28-22-18)11-25-12-16-13-26-19-5-3-4-6-20(19)27-16/h3-10,16H,11-13H2,1-2H3. The van der Waals surface area contributed by atoms with E-state index in [1.54, 1.807) is 20.3 Å². The van der Waals surface area contributed by atoms with Crippen LogP contribution in [0.2, 0.25) is 0 Å². The zero-order chi connectivity index (χ0) is 19.3. The Bertz CT molecular complexity index is 938. The third-order valence-corrected chi connectivity index (χ3v) is 4.36. The summed E-state index contributed by atoms with van der Waals surface area (Å²) >= 11 is 0. The first-order valence-electron chi connectivity index (χ1n) is 8.91. The molecule has 0 radical (unpaired) electrons. The van der Waals surface area contributed by atoms with Gasteiger partial charge in [-0.1, -0.05) is 17.3 Å². The molecule has 28 heavy (non-hydrogen) atoms. The summed E-state index contributed by atoms with van der Waals surface area (Å²) < 4.78 is 33.3. The first-order chi connectivity index (χ1) is 13.8. The minimum absolute atomic E-state index is 0.168. The van der Waals surface area contributed by atoms with Crippen LogP contribution in [0.3, 0.4) is 0 Å². The maximum atomic E-state index is 5.87. The second-order valence-electron chi connectivity index (χ2n) is 6.26. The van der Waals surface area contributed by atoms with Gasteiger partial charge in [-0.2, -0.15) is 0 Å². The van der Waals surface area contributed by atoms with Crippen LogP contribution in [0.5, 0.6) is 23.0 Å². The Labute approximate surface area is 162 Å². The molecule has 0 bridgehead atoms. The van der Waals surface area contributed by atoms with Crippen LogP contribution in [0.4, 0.5) is 0 Å². The number of para-hydroxylation sites is 2. The molecule has 3 aromatic rings. The van der Waals surface area contributed by atoms with E-state index in [1.807, 2.05) is 42.5 Å². The lowest BCUT2D eigenvalue weighted by Gasteiger charge is -2.26. The van der Waals surface area contributed by atoms with Gasteiger partial charge in [0, 0.05) is 17.7 Å². The van der Waals surface area contributed by atoms with Gasteiger partial charge in [-0.25, -0.2) is 0 Å². The highest BCUT2D eigenvalue weighted by Crippen LogP contribution is 2.33.